The molecule has 26 heavy (non-hydrogen) atoms. The average molecular weight is 395 g/mol. The topological polar surface area (TPSA) is 120 Å². The van der Waals surface area contributed by atoms with Crippen LogP contribution < -0.4 is 10.1 Å². The average Bonchev–Trinajstić information content (AvgIpc) is 2.78. The van der Waals surface area contributed by atoms with Crippen LogP contribution in [0.3, 0.4) is 0 Å². The summed E-state index contributed by atoms with van der Waals surface area (Å²) in [5, 5.41) is 24.3. The molecule has 2 aromatic rings. The number of carboxylic acid groups (broad SMARTS) is 1. The van der Waals surface area contributed by atoms with Crippen LogP contribution in [0, 0.1) is 10.1 Å². The second-order valence-corrected chi connectivity index (χ2v) is 5.28. The molecule has 140 valence electrons. The fourth-order valence-corrected chi connectivity index (χ4v) is 2.38. The number of halogens is 4. The van der Waals surface area contributed by atoms with Crippen molar-refractivity contribution in [1.82, 2.24) is 15.1 Å². The Balaban J connectivity index is 2.37. The van der Waals surface area contributed by atoms with Gasteiger partial charge in [0.15, 0.2) is 5.69 Å². The number of carbonyl (C=O) groups is 1. The van der Waals surface area contributed by atoms with E-state index in [0.717, 1.165) is 25.2 Å². The van der Waals surface area contributed by atoms with E-state index in [1.54, 1.807) is 0 Å². The van der Waals surface area contributed by atoms with Crippen molar-refractivity contribution >= 4 is 23.4 Å². The molecule has 0 aliphatic carbocycles. The van der Waals surface area contributed by atoms with Crippen LogP contribution in [0.25, 0.3) is 0 Å². The Morgan fingerprint density at radius 1 is 1.50 bits per heavy atom. The van der Waals surface area contributed by atoms with Crippen molar-refractivity contribution < 1.29 is 32.7 Å². The van der Waals surface area contributed by atoms with Crippen molar-refractivity contribution in [1.29, 1.82) is 0 Å². The van der Waals surface area contributed by atoms with Gasteiger partial charge >= 0.3 is 12.3 Å². The van der Waals surface area contributed by atoms with Gasteiger partial charge in [-0.3, -0.25) is 14.8 Å². The highest BCUT2D eigenvalue weighted by atomic mass is 35.5. The third-order valence-corrected chi connectivity index (χ3v) is 3.46. The first-order chi connectivity index (χ1) is 12.0. The summed E-state index contributed by atoms with van der Waals surface area (Å²) >= 11 is 5.66. The van der Waals surface area contributed by atoms with Crippen molar-refractivity contribution in [3.05, 3.63) is 44.6 Å². The highest BCUT2D eigenvalue weighted by molar-refractivity contribution is 6.32. The Hall–Kier alpha value is -3.02. The predicted molar refractivity (Wildman–Crippen MR) is 81.3 cm³/mol. The lowest BCUT2D eigenvalue weighted by Gasteiger charge is -2.07. The first-order valence-corrected chi connectivity index (χ1v) is 7.10. The highest BCUT2D eigenvalue weighted by Crippen LogP contribution is 2.40. The Bertz CT molecular complexity index is 868. The molecule has 2 rings (SSSR count). The summed E-state index contributed by atoms with van der Waals surface area (Å²) in [6.45, 7) is -0.410. The second kappa shape index (κ2) is 7.07. The smallest absolute Gasteiger partial charge is 0.434 e. The number of hydrogen-bond acceptors (Lipinski definition) is 5. The van der Waals surface area contributed by atoms with Crippen molar-refractivity contribution in [3.63, 3.8) is 0 Å². The quantitative estimate of drug-likeness (QED) is 0.591. The number of hydrogen-bond donors (Lipinski definition) is 2. The number of nitro benzene ring substituents is 1. The summed E-state index contributed by atoms with van der Waals surface area (Å²) in [4.78, 5) is 20.8. The van der Waals surface area contributed by atoms with Crippen LogP contribution in [0.2, 0.25) is 5.02 Å². The van der Waals surface area contributed by atoms with Crippen LogP contribution in [-0.4, -0.2) is 25.9 Å². The number of ether oxygens (including phenoxy) is 1. The van der Waals surface area contributed by atoms with Crippen molar-refractivity contribution in [2.75, 3.05) is 0 Å². The van der Waals surface area contributed by atoms with E-state index >= 15 is 0 Å². The van der Waals surface area contributed by atoms with Gasteiger partial charge in [0, 0.05) is 13.1 Å². The van der Waals surface area contributed by atoms with Crippen LogP contribution in [-0.2, 0) is 19.8 Å². The number of alkyl halides is 3. The molecular formula is C13H10ClF3N4O5. The zero-order chi connectivity index (χ0) is 19.6. The van der Waals surface area contributed by atoms with Gasteiger partial charge < -0.3 is 15.2 Å². The van der Waals surface area contributed by atoms with E-state index in [-0.39, 0.29) is 11.3 Å². The maximum atomic E-state index is 12.9. The summed E-state index contributed by atoms with van der Waals surface area (Å²) in [7, 11) is 1.03. The summed E-state index contributed by atoms with van der Waals surface area (Å²) in [6, 6.07) is 3.25. The largest absolute Gasteiger partial charge is 0.465 e. The summed E-state index contributed by atoms with van der Waals surface area (Å²) in [5.41, 5.74) is -1.67. The molecule has 0 aliphatic heterocycles. The van der Waals surface area contributed by atoms with E-state index < -0.39 is 46.0 Å². The van der Waals surface area contributed by atoms with Gasteiger partial charge in [-0.25, -0.2) is 4.79 Å². The van der Waals surface area contributed by atoms with Crippen molar-refractivity contribution in [3.8, 4) is 11.6 Å². The zero-order valence-electron chi connectivity index (χ0n) is 12.9. The lowest BCUT2D eigenvalue weighted by Crippen LogP contribution is -2.20. The fraction of sp³-hybridized carbons (Fsp3) is 0.231. The molecule has 0 aliphatic rings. The van der Waals surface area contributed by atoms with Crippen LogP contribution in [0.5, 0.6) is 11.6 Å². The lowest BCUT2D eigenvalue weighted by atomic mass is 10.1. The van der Waals surface area contributed by atoms with E-state index in [4.69, 9.17) is 21.4 Å². The molecule has 13 heteroatoms. The predicted octanol–water partition coefficient (Wildman–Crippen LogP) is 3.56. The van der Waals surface area contributed by atoms with Gasteiger partial charge in [-0.2, -0.15) is 13.2 Å². The van der Waals surface area contributed by atoms with Gasteiger partial charge in [0.25, 0.3) is 11.6 Å². The van der Waals surface area contributed by atoms with E-state index in [9.17, 15) is 28.1 Å². The van der Waals surface area contributed by atoms with Gasteiger partial charge in [0.05, 0.1) is 17.0 Å². The minimum Gasteiger partial charge on any atom is -0.465 e. The first kappa shape index (κ1) is 19.3. The third kappa shape index (κ3) is 4.14. The summed E-state index contributed by atoms with van der Waals surface area (Å²) in [5.74, 6) is -0.654. The van der Waals surface area contributed by atoms with Crippen LogP contribution >= 0.6 is 11.6 Å². The Kier molecular flexibility index (Phi) is 5.25. The molecule has 9 nitrogen and oxygen atoms in total. The third-order valence-electron chi connectivity index (χ3n) is 3.12. The van der Waals surface area contributed by atoms with Gasteiger partial charge in [-0.1, -0.05) is 11.6 Å². The zero-order valence-corrected chi connectivity index (χ0v) is 13.6. The highest BCUT2D eigenvalue weighted by Gasteiger charge is 2.39. The number of amides is 1. The standard InChI is InChI=1S/C13H10ClF3N4O5/c1-20-10(13(15,16)17)9(14)11(19-20)26-7-2-3-8(21(24)25)6(4-7)5-18-12(22)23/h2-4,18H,5H2,1H3,(H,22,23). The van der Waals surface area contributed by atoms with Crippen LogP contribution in [0.15, 0.2) is 18.2 Å². The van der Waals surface area contributed by atoms with E-state index in [0.29, 0.717) is 4.68 Å². The first-order valence-electron chi connectivity index (χ1n) is 6.72. The molecule has 0 fully saturated rings. The van der Waals surface area contributed by atoms with Crippen molar-refractivity contribution in [2.45, 2.75) is 12.7 Å². The molecule has 0 radical (unpaired) electrons. The number of rotatable bonds is 5. The fourth-order valence-electron chi connectivity index (χ4n) is 2.07. The van der Waals surface area contributed by atoms with Gasteiger partial charge in [0.2, 0.25) is 0 Å². The number of benzene rings is 1. The van der Waals surface area contributed by atoms with Crippen LogP contribution in [0.1, 0.15) is 11.3 Å². The molecule has 0 atom stereocenters. The molecule has 0 saturated heterocycles. The molecule has 0 spiro atoms. The molecule has 2 N–H and O–H groups in total. The Morgan fingerprint density at radius 3 is 2.65 bits per heavy atom. The van der Waals surface area contributed by atoms with Gasteiger partial charge in [0.1, 0.15) is 10.8 Å². The van der Waals surface area contributed by atoms with E-state index in [2.05, 4.69) is 5.10 Å². The molecule has 0 bridgehead atoms. The number of aromatic nitrogens is 2. The minimum atomic E-state index is -4.76. The number of nitrogens with zero attached hydrogens (tertiary/aromatic N) is 3. The molecule has 1 aromatic heterocycles. The number of aryl methyl sites for hydroxylation is 1. The molecule has 1 amide bonds. The molecule has 0 unspecified atom stereocenters. The Morgan fingerprint density at radius 2 is 2.15 bits per heavy atom. The maximum Gasteiger partial charge on any atom is 0.434 e. The van der Waals surface area contributed by atoms with E-state index in [1.807, 2.05) is 5.32 Å². The number of nitro groups is 1. The monoisotopic (exact) mass is 394 g/mol. The maximum absolute atomic E-state index is 12.9. The van der Waals surface area contributed by atoms with Crippen LogP contribution in [0.4, 0.5) is 23.7 Å². The molecule has 0 saturated carbocycles. The molecule has 1 heterocycles. The Labute approximate surface area is 148 Å². The van der Waals surface area contributed by atoms with Crippen molar-refractivity contribution in [2.24, 2.45) is 7.05 Å². The summed E-state index contributed by atoms with van der Waals surface area (Å²) in [6.07, 6.45) is -6.17. The summed E-state index contributed by atoms with van der Waals surface area (Å²) < 4.78 is 44.4. The SMILES string of the molecule is Cn1nc(Oc2ccc([N+](=O)[O-])c(CNC(=O)O)c2)c(Cl)c1C(F)(F)F. The number of nitrogens with one attached hydrogen (secondary N) is 1. The van der Waals surface area contributed by atoms with Gasteiger partial charge in [-0.05, 0) is 12.1 Å². The molecule has 1 aromatic carbocycles. The molecular weight excluding hydrogens is 385 g/mol. The second-order valence-electron chi connectivity index (χ2n) is 4.90. The normalized spacial score (nSPS) is 11.3. The van der Waals surface area contributed by atoms with Gasteiger partial charge in [-0.15, -0.1) is 5.10 Å². The van der Waals surface area contributed by atoms with E-state index in [1.165, 1.54) is 0 Å². The minimum absolute atomic E-state index is 0.0574. The lowest BCUT2D eigenvalue weighted by molar-refractivity contribution is -0.385.